The third-order valence-corrected chi connectivity index (χ3v) is 5.60. The predicted octanol–water partition coefficient (Wildman–Crippen LogP) is 1.77. The van der Waals surface area contributed by atoms with Crippen LogP contribution < -0.4 is 15.4 Å². The lowest BCUT2D eigenvalue weighted by atomic mass is 10.1. The average molecular weight is 481 g/mol. The number of hydrogen-bond acceptors (Lipinski definition) is 4. The third-order valence-electron chi connectivity index (χ3n) is 3.92. The molecule has 0 saturated heterocycles. The van der Waals surface area contributed by atoms with Crippen LogP contribution in [0.5, 0.6) is 5.75 Å². The molecule has 0 unspecified atom stereocenters. The Hall–Kier alpha value is -1.03. The minimum Gasteiger partial charge on any atom is -0.493 e. The van der Waals surface area contributed by atoms with Crippen molar-refractivity contribution in [3.05, 3.63) is 29.3 Å². The van der Waals surface area contributed by atoms with Crippen LogP contribution >= 0.6 is 24.0 Å². The fourth-order valence-corrected chi connectivity index (χ4v) is 3.16. The molecule has 0 spiro atoms. The molecule has 142 valence electrons. The van der Waals surface area contributed by atoms with Gasteiger partial charge in [-0.05, 0) is 30.5 Å². The van der Waals surface area contributed by atoms with Crippen molar-refractivity contribution < 1.29 is 13.2 Å². The maximum absolute atomic E-state index is 11.5. The van der Waals surface area contributed by atoms with Gasteiger partial charge in [0.2, 0.25) is 0 Å². The topological polar surface area (TPSA) is 79.8 Å². The van der Waals surface area contributed by atoms with Crippen LogP contribution in [-0.2, 0) is 22.7 Å². The zero-order valence-corrected chi connectivity index (χ0v) is 18.0. The van der Waals surface area contributed by atoms with Crippen LogP contribution in [0.3, 0.4) is 0 Å². The van der Waals surface area contributed by atoms with Gasteiger partial charge in [-0.15, -0.1) is 24.0 Å². The summed E-state index contributed by atoms with van der Waals surface area (Å²) in [5, 5.41) is 6.39. The van der Waals surface area contributed by atoms with E-state index in [9.17, 15) is 8.42 Å². The highest BCUT2D eigenvalue weighted by Crippen LogP contribution is 2.25. The van der Waals surface area contributed by atoms with E-state index < -0.39 is 9.84 Å². The maximum atomic E-state index is 11.5. The van der Waals surface area contributed by atoms with E-state index in [2.05, 4.69) is 27.8 Å². The van der Waals surface area contributed by atoms with Crippen molar-refractivity contribution in [2.75, 3.05) is 37.7 Å². The highest BCUT2D eigenvalue weighted by molar-refractivity contribution is 14.0. The average Bonchev–Trinajstić information content (AvgIpc) is 3.02. The second-order valence-corrected chi connectivity index (χ2v) is 8.19. The lowest BCUT2D eigenvalue weighted by Gasteiger charge is -2.11. The van der Waals surface area contributed by atoms with Gasteiger partial charge in [-0.25, -0.2) is 8.42 Å². The molecule has 0 radical (unpaired) electrons. The van der Waals surface area contributed by atoms with Crippen molar-refractivity contribution in [2.24, 2.45) is 4.99 Å². The van der Waals surface area contributed by atoms with Crippen LogP contribution in [0, 0.1) is 0 Å². The number of hydrogen-bond donors (Lipinski definition) is 2. The normalized spacial score (nSPS) is 13.6. The molecule has 1 aromatic rings. The molecular formula is C17H28IN3O3S. The zero-order chi connectivity index (χ0) is 17.4. The number of sulfone groups is 1. The Morgan fingerprint density at radius 2 is 2.08 bits per heavy atom. The summed E-state index contributed by atoms with van der Waals surface area (Å²) in [6.07, 6.45) is 1.86. The lowest BCUT2D eigenvalue weighted by Crippen LogP contribution is -2.38. The fraction of sp³-hybridized carbons (Fsp3) is 0.588. The van der Waals surface area contributed by atoms with E-state index in [-0.39, 0.29) is 42.0 Å². The summed E-state index contributed by atoms with van der Waals surface area (Å²) in [5.74, 6) is 1.91. The quantitative estimate of drug-likeness (QED) is 0.336. The van der Waals surface area contributed by atoms with Gasteiger partial charge in [-0.2, -0.15) is 0 Å². The van der Waals surface area contributed by atoms with Crippen LogP contribution in [0.2, 0.25) is 0 Å². The Morgan fingerprint density at radius 3 is 2.80 bits per heavy atom. The Bertz CT molecular complexity index is 678. The number of ether oxygens (including phenoxy) is 1. The molecule has 8 heteroatoms. The Balaban J connectivity index is 0.00000312. The smallest absolute Gasteiger partial charge is 0.191 e. The van der Waals surface area contributed by atoms with Gasteiger partial charge in [-0.1, -0.05) is 19.1 Å². The van der Waals surface area contributed by atoms with Crippen LogP contribution in [-0.4, -0.2) is 52.1 Å². The first-order chi connectivity index (χ1) is 11.5. The van der Waals surface area contributed by atoms with Gasteiger partial charge in [0.15, 0.2) is 15.8 Å². The van der Waals surface area contributed by atoms with Gasteiger partial charge in [0.25, 0.3) is 0 Å². The number of guanidine groups is 1. The van der Waals surface area contributed by atoms with Crippen LogP contribution in [0.1, 0.15) is 25.0 Å². The van der Waals surface area contributed by atoms with E-state index in [1.165, 1.54) is 11.1 Å². The van der Waals surface area contributed by atoms with Crippen molar-refractivity contribution in [3.63, 3.8) is 0 Å². The van der Waals surface area contributed by atoms with E-state index >= 15 is 0 Å². The van der Waals surface area contributed by atoms with Crippen molar-refractivity contribution in [1.82, 2.24) is 10.6 Å². The zero-order valence-electron chi connectivity index (χ0n) is 14.9. The highest BCUT2D eigenvalue weighted by Gasteiger charge is 2.12. The number of halogens is 1. The Kier molecular flexibility index (Phi) is 9.55. The Labute approximate surface area is 167 Å². The molecule has 0 aromatic heterocycles. The molecule has 2 N–H and O–H groups in total. The molecule has 1 heterocycles. The van der Waals surface area contributed by atoms with E-state index in [1.807, 2.05) is 13.0 Å². The minimum atomic E-state index is -2.97. The van der Waals surface area contributed by atoms with Crippen LogP contribution in [0.15, 0.2) is 23.2 Å². The standard InChI is InChI=1S/C17H27N3O3S.HI/c1-3-18-17(20-10-12-24(21,22)4-2)19-9-7-14-5-6-16-15(13-14)8-11-23-16;/h5-6,13H,3-4,7-12H2,1-2H3,(H2,18,19,20);1H. The molecule has 1 aliphatic heterocycles. The molecule has 1 aromatic carbocycles. The molecular weight excluding hydrogens is 453 g/mol. The van der Waals surface area contributed by atoms with E-state index in [0.29, 0.717) is 5.96 Å². The van der Waals surface area contributed by atoms with Gasteiger partial charge in [0, 0.05) is 25.3 Å². The molecule has 0 bridgehead atoms. The molecule has 1 aliphatic rings. The second-order valence-electron chi connectivity index (χ2n) is 5.71. The van der Waals surface area contributed by atoms with Gasteiger partial charge in [-0.3, -0.25) is 4.99 Å². The summed E-state index contributed by atoms with van der Waals surface area (Å²) in [5.41, 5.74) is 2.54. The summed E-state index contributed by atoms with van der Waals surface area (Å²) >= 11 is 0. The molecule has 0 amide bonds. The molecule has 0 saturated carbocycles. The summed E-state index contributed by atoms with van der Waals surface area (Å²) in [4.78, 5) is 4.33. The summed E-state index contributed by atoms with van der Waals surface area (Å²) < 4.78 is 28.5. The molecule has 0 fully saturated rings. The number of nitrogens with zero attached hydrogens (tertiary/aromatic N) is 1. The van der Waals surface area contributed by atoms with Crippen LogP contribution in [0.25, 0.3) is 0 Å². The molecule has 2 rings (SSSR count). The highest BCUT2D eigenvalue weighted by atomic mass is 127. The first kappa shape index (κ1) is 22.0. The first-order valence-corrected chi connectivity index (χ1v) is 10.3. The monoisotopic (exact) mass is 481 g/mol. The predicted molar refractivity (Wildman–Crippen MR) is 113 cm³/mol. The van der Waals surface area contributed by atoms with Crippen molar-refractivity contribution in [2.45, 2.75) is 26.7 Å². The van der Waals surface area contributed by atoms with Gasteiger partial charge >= 0.3 is 0 Å². The van der Waals surface area contributed by atoms with E-state index in [0.717, 1.165) is 38.3 Å². The van der Waals surface area contributed by atoms with Crippen molar-refractivity contribution in [3.8, 4) is 5.75 Å². The number of rotatable bonds is 8. The third kappa shape index (κ3) is 7.39. The van der Waals surface area contributed by atoms with Crippen LogP contribution in [0.4, 0.5) is 0 Å². The lowest BCUT2D eigenvalue weighted by molar-refractivity contribution is 0.357. The number of aliphatic imine (C=N–C) groups is 1. The van der Waals surface area contributed by atoms with E-state index in [1.54, 1.807) is 6.92 Å². The molecule has 0 atom stereocenters. The van der Waals surface area contributed by atoms with Crippen molar-refractivity contribution >= 4 is 39.8 Å². The second kappa shape index (κ2) is 10.8. The first-order valence-electron chi connectivity index (χ1n) is 8.51. The maximum Gasteiger partial charge on any atom is 0.191 e. The van der Waals surface area contributed by atoms with Gasteiger partial charge in [0.1, 0.15) is 5.75 Å². The molecule has 25 heavy (non-hydrogen) atoms. The fourth-order valence-electron chi connectivity index (χ4n) is 2.50. The molecule has 0 aliphatic carbocycles. The number of fused-ring (bicyclic) bond motifs is 1. The summed E-state index contributed by atoms with van der Waals surface area (Å²) in [7, 11) is -2.97. The Morgan fingerprint density at radius 1 is 1.28 bits per heavy atom. The van der Waals surface area contributed by atoms with Crippen molar-refractivity contribution in [1.29, 1.82) is 0 Å². The SMILES string of the molecule is CCNC(=NCCS(=O)(=O)CC)NCCc1ccc2c(c1)CCO2.I. The van der Waals surface area contributed by atoms with E-state index in [4.69, 9.17) is 4.74 Å². The minimum absolute atomic E-state index is 0. The van der Waals surface area contributed by atoms with Gasteiger partial charge < -0.3 is 15.4 Å². The van der Waals surface area contributed by atoms with Gasteiger partial charge in [0.05, 0.1) is 18.9 Å². The number of benzene rings is 1. The molecule has 6 nitrogen and oxygen atoms in total. The number of nitrogens with one attached hydrogen (secondary N) is 2. The summed E-state index contributed by atoms with van der Waals surface area (Å²) in [6, 6.07) is 6.32. The summed E-state index contributed by atoms with van der Waals surface area (Å²) in [6.45, 7) is 6.18. The largest absolute Gasteiger partial charge is 0.493 e.